The monoisotopic (exact) mass is 315 g/mol. The first-order chi connectivity index (χ1) is 9.39. The molecule has 1 atom stereocenters. The van der Waals surface area contributed by atoms with Crippen LogP contribution in [-0.2, 0) is 9.84 Å². The van der Waals surface area contributed by atoms with Gasteiger partial charge in [0, 0.05) is 27.6 Å². The third kappa shape index (κ3) is 4.01. The molecule has 0 saturated heterocycles. The molecule has 20 heavy (non-hydrogen) atoms. The van der Waals surface area contributed by atoms with E-state index >= 15 is 0 Å². The van der Waals surface area contributed by atoms with Gasteiger partial charge in [0.1, 0.15) is 15.7 Å². The molecule has 2 aromatic rings. The van der Waals surface area contributed by atoms with Gasteiger partial charge in [-0.3, -0.25) is 0 Å². The third-order valence-electron chi connectivity index (χ3n) is 3.20. The molecule has 1 N–H and O–H groups in total. The first kappa shape index (κ1) is 15.4. The van der Waals surface area contributed by atoms with Crippen LogP contribution < -0.4 is 5.32 Å². The first-order valence-corrected chi connectivity index (χ1v) is 9.31. The summed E-state index contributed by atoms with van der Waals surface area (Å²) >= 11 is 1.55. The molecule has 1 unspecified atom stereocenters. The van der Waals surface area contributed by atoms with Gasteiger partial charge in [-0.2, -0.15) is 0 Å². The van der Waals surface area contributed by atoms with Crippen molar-refractivity contribution in [1.82, 2.24) is 5.32 Å². The van der Waals surface area contributed by atoms with Gasteiger partial charge in [-0.1, -0.05) is 6.07 Å². The van der Waals surface area contributed by atoms with Crippen molar-refractivity contribution < 1.29 is 12.8 Å². The van der Waals surface area contributed by atoms with Gasteiger partial charge in [-0.05, 0) is 43.5 Å². The Kier molecular flexibility index (Phi) is 4.78. The van der Waals surface area contributed by atoms with Crippen LogP contribution in [0.2, 0.25) is 0 Å². The predicted molar refractivity (Wildman–Crippen MR) is 82.5 cm³/mol. The van der Waals surface area contributed by atoms with Crippen molar-refractivity contribution in [2.45, 2.75) is 18.9 Å². The minimum Gasteiger partial charge on any atom is -0.312 e. The Morgan fingerprint density at radius 3 is 2.75 bits per heavy atom. The lowest BCUT2D eigenvalue weighted by Crippen LogP contribution is -2.16. The minimum absolute atomic E-state index is 0.109. The molecule has 0 fully saturated rings. The van der Waals surface area contributed by atoms with Gasteiger partial charge in [0.25, 0.3) is 0 Å². The zero-order valence-electron chi connectivity index (χ0n) is 11.5. The second-order valence-corrected chi connectivity index (χ2v) is 8.32. The van der Waals surface area contributed by atoms with Gasteiger partial charge in [0.05, 0.1) is 0 Å². The fourth-order valence-electron chi connectivity index (χ4n) is 2.18. The Balaban J connectivity index is 2.13. The molecule has 0 bridgehead atoms. The van der Waals surface area contributed by atoms with Crippen molar-refractivity contribution in [3.8, 4) is 0 Å². The fourth-order valence-corrected chi connectivity index (χ4v) is 4.10. The Morgan fingerprint density at radius 2 is 2.10 bits per heavy atom. The highest BCUT2D eigenvalue weighted by Crippen LogP contribution is 2.32. The fraction of sp³-hybridized carbons (Fsp3) is 0.429. The standard InChI is InChI=1S/C14H18FNO2S2/c1-16-12(4-3-7-20(2,17)18)14-8-10-5-6-11(15)9-13(10)19-14/h5-6,8-9,12,16H,3-4,7H2,1-2H3. The third-order valence-corrected chi connectivity index (χ3v) is 5.44. The van der Waals surface area contributed by atoms with Crippen LogP contribution in [-0.4, -0.2) is 27.5 Å². The molecule has 0 amide bonds. The molecular formula is C14H18FNO2S2. The lowest BCUT2D eigenvalue weighted by molar-refractivity contribution is 0.543. The van der Waals surface area contributed by atoms with Crippen molar-refractivity contribution in [2.75, 3.05) is 19.1 Å². The number of benzene rings is 1. The second-order valence-electron chi connectivity index (χ2n) is 4.94. The molecule has 1 aromatic heterocycles. The molecule has 0 aliphatic rings. The van der Waals surface area contributed by atoms with Gasteiger partial charge in [-0.15, -0.1) is 11.3 Å². The number of thiophene rings is 1. The van der Waals surface area contributed by atoms with E-state index in [9.17, 15) is 12.8 Å². The molecule has 0 spiro atoms. The van der Waals surface area contributed by atoms with Crippen molar-refractivity contribution in [2.24, 2.45) is 0 Å². The molecule has 6 heteroatoms. The summed E-state index contributed by atoms with van der Waals surface area (Å²) in [6.07, 6.45) is 2.62. The highest BCUT2D eigenvalue weighted by Gasteiger charge is 2.14. The maximum atomic E-state index is 13.2. The van der Waals surface area contributed by atoms with E-state index in [1.54, 1.807) is 17.4 Å². The van der Waals surface area contributed by atoms with Crippen LogP contribution in [0.15, 0.2) is 24.3 Å². The number of halogens is 1. The lowest BCUT2D eigenvalue weighted by atomic mass is 10.1. The topological polar surface area (TPSA) is 46.2 Å². The quantitative estimate of drug-likeness (QED) is 0.891. The average Bonchev–Trinajstić information content (AvgIpc) is 2.75. The number of fused-ring (bicyclic) bond motifs is 1. The van der Waals surface area contributed by atoms with Crippen LogP contribution in [0.3, 0.4) is 0 Å². The highest BCUT2D eigenvalue weighted by atomic mass is 32.2. The number of sulfone groups is 1. The maximum Gasteiger partial charge on any atom is 0.147 e. The number of rotatable bonds is 6. The number of hydrogen-bond donors (Lipinski definition) is 1. The minimum atomic E-state index is -2.91. The van der Waals surface area contributed by atoms with Gasteiger partial charge < -0.3 is 5.32 Å². The summed E-state index contributed by atoms with van der Waals surface area (Å²) in [6, 6.07) is 6.91. The van der Waals surface area contributed by atoms with E-state index in [1.807, 2.05) is 13.1 Å². The van der Waals surface area contributed by atoms with Crippen LogP contribution >= 0.6 is 11.3 Å². The van der Waals surface area contributed by atoms with Crippen molar-refractivity contribution in [3.63, 3.8) is 0 Å². The smallest absolute Gasteiger partial charge is 0.147 e. The average molecular weight is 315 g/mol. The molecule has 0 saturated carbocycles. The zero-order valence-corrected chi connectivity index (χ0v) is 13.2. The Hall–Kier alpha value is -0.980. The molecule has 110 valence electrons. The van der Waals surface area contributed by atoms with Crippen LogP contribution in [0.1, 0.15) is 23.8 Å². The molecule has 2 rings (SSSR count). The molecule has 1 heterocycles. The van der Waals surface area contributed by atoms with Gasteiger partial charge in [0.2, 0.25) is 0 Å². The van der Waals surface area contributed by atoms with E-state index in [0.717, 1.165) is 21.4 Å². The summed E-state index contributed by atoms with van der Waals surface area (Å²) in [6.45, 7) is 0. The Bertz CT molecular complexity index is 694. The lowest BCUT2D eigenvalue weighted by Gasteiger charge is -2.13. The number of hydrogen-bond acceptors (Lipinski definition) is 4. The largest absolute Gasteiger partial charge is 0.312 e. The first-order valence-electron chi connectivity index (χ1n) is 6.43. The number of nitrogens with one attached hydrogen (secondary N) is 1. The summed E-state index contributed by atoms with van der Waals surface area (Å²) in [5.74, 6) is -0.0333. The van der Waals surface area contributed by atoms with Crippen molar-refractivity contribution >= 4 is 31.3 Å². The zero-order chi connectivity index (χ0) is 14.8. The van der Waals surface area contributed by atoms with Crippen LogP contribution in [0.25, 0.3) is 10.1 Å². The SMILES string of the molecule is CNC(CCCS(C)(=O)=O)c1cc2ccc(F)cc2s1. The van der Waals surface area contributed by atoms with E-state index in [0.29, 0.717) is 6.42 Å². The van der Waals surface area contributed by atoms with E-state index < -0.39 is 9.84 Å². The normalized spacial score (nSPS) is 13.8. The van der Waals surface area contributed by atoms with Gasteiger partial charge in [-0.25, -0.2) is 12.8 Å². The van der Waals surface area contributed by atoms with Gasteiger partial charge >= 0.3 is 0 Å². The second kappa shape index (κ2) is 6.20. The highest BCUT2D eigenvalue weighted by molar-refractivity contribution is 7.90. The van der Waals surface area contributed by atoms with Crippen LogP contribution in [0.5, 0.6) is 0 Å². The molecule has 0 aliphatic carbocycles. The van der Waals surface area contributed by atoms with Crippen LogP contribution in [0.4, 0.5) is 4.39 Å². The molecule has 0 radical (unpaired) electrons. The summed E-state index contributed by atoms with van der Waals surface area (Å²) in [5.41, 5.74) is 0. The van der Waals surface area contributed by atoms with Crippen molar-refractivity contribution in [3.05, 3.63) is 35.0 Å². The molecule has 3 nitrogen and oxygen atoms in total. The maximum absolute atomic E-state index is 13.2. The summed E-state index contributed by atoms with van der Waals surface area (Å²) in [7, 11) is -1.06. The predicted octanol–water partition coefficient (Wildman–Crippen LogP) is 3.13. The van der Waals surface area contributed by atoms with Crippen LogP contribution in [0, 0.1) is 5.82 Å². The van der Waals surface area contributed by atoms with E-state index in [4.69, 9.17) is 0 Å². The van der Waals surface area contributed by atoms with Crippen molar-refractivity contribution in [1.29, 1.82) is 0 Å². The molecule has 1 aromatic carbocycles. The van der Waals surface area contributed by atoms with E-state index in [2.05, 4.69) is 5.32 Å². The molecule has 0 aliphatic heterocycles. The summed E-state index contributed by atoms with van der Waals surface area (Å²) in [5, 5.41) is 4.22. The summed E-state index contributed by atoms with van der Waals surface area (Å²) in [4.78, 5) is 1.11. The Labute approximate surface area is 122 Å². The van der Waals surface area contributed by atoms with E-state index in [1.165, 1.54) is 18.4 Å². The van der Waals surface area contributed by atoms with E-state index in [-0.39, 0.29) is 17.6 Å². The van der Waals surface area contributed by atoms with Gasteiger partial charge in [0.15, 0.2) is 0 Å². The summed E-state index contributed by atoms with van der Waals surface area (Å²) < 4.78 is 36.4. The molecular weight excluding hydrogens is 297 g/mol. The Morgan fingerprint density at radius 1 is 1.35 bits per heavy atom.